The molecule has 0 aromatic heterocycles. The highest BCUT2D eigenvalue weighted by molar-refractivity contribution is 5.97. The smallest absolute Gasteiger partial charge is 0.194 e. The molecule has 1 aromatic carbocycles. The van der Waals surface area contributed by atoms with Gasteiger partial charge in [0.2, 0.25) is 0 Å². The first-order valence-electron chi connectivity index (χ1n) is 6.73. The third kappa shape index (κ3) is 3.83. The van der Waals surface area contributed by atoms with Crippen LogP contribution < -0.4 is 0 Å². The second-order valence-corrected chi connectivity index (χ2v) is 5.04. The van der Waals surface area contributed by atoms with Crippen molar-refractivity contribution >= 4 is 5.78 Å². The van der Waals surface area contributed by atoms with Gasteiger partial charge in [0.15, 0.2) is 5.78 Å². The number of carbonyl (C=O) groups is 1. The Morgan fingerprint density at radius 1 is 1.16 bits per heavy atom. The van der Waals surface area contributed by atoms with Crippen LogP contribution in [0.3, 0.4) is 0 Å². The Hall–Kier alpha value is -1.29. The molecule has 2 nitrogen and oxygen atoms in total. The summed E-state index contributed by atoms with van der Waals surface area (Å²) >= 11 is 0. The Labute approximate surface area is 111 Å². The molecule has 0 amide bonds. The van der Waals surface area contributed by atoms with Crippen molar-refractivity contribution in [2.24, 2.45) is 5.92 Å². The van der Waals surface area contributed by atoms with Gasteiger partial charge in [-0.25, -0.2) is 8.78 Å². The largest absolute Gasteiger partial charge is 0.373 e. The van der Waals surface area contributed by atoms with E-state index in [0.717, 1.165) is 25.0 Å². The first-order valence-corrected chi connectivity index (χ1v) is 6.73. The highest BCUT2D eigenvalue weighted by Gasteiger charge is 2.18. The molecular weight excluding hydrogens is 250 g/mol. The fraction of sp³-hybridized carbons (Fsp3) is 0.533. The Balaban J connectivity index is 1.84. The number of ketones is 1. The summed E-state index contributed by atoms with van der Waals surface area (Å²) in [5.74, 6) is -1.81. The van der Waals surface area contributed by atoms with Gasteiger partial charge in [0, 0.05) is 0 Å². The van der Waals surface area contributed by atoms with Gasteiger partial charge in [0.25, 0.3) is 0 Å². The first-order chi connectivity index (χ1) is 9.18. The lowest BCUT2D eigenvalue weighted by Crippen LogP contribution is -2.18. The van der Waals surface area contributed by atoms with Crippen LogP contribution in [-0.2, 0) is 4.74 Å². The van der Waals surface area contributed by atoms with Crippen LogP contribution in [0, 0.1) is 17.6 Å². The van der Waals surface area contributed by atoms with Gasteiger partial charge < -0.3 is 4.74 Å². The summed E-state index contributed by atoms with van der Waals surface area (Å²) in [4.78, 5) is 11.7. The van der Waals surface area contributed by atoms with Gasteiger partial charge in [0.1, 0.15) is 18.2 Å². The van der Waals surface area contributed by atoms with E-state index in [1.165, 1.54) is 25.3 Å². The van der Waals surface area contributed by atoms with E-state index in [-0.39, 0.29) is 6.61 Å². The average molecular weight is 268 g/mol. The molecule has 1 saturated carbocycles. The highest BCUT2D eigenvalue weighted by atomic mass is 19.1. The predicted molar refractivity (Wildman–Crippen MR) is 68.1 cm³/mol. The molecule has 0 aliphatic heterocycles. The Bertz CT molecular complexity index is 420. The molecule has 0 unspecified atom stereocenters. The summed E-state index contributed by atoms with van der Waals surface area (Å²) in [6.07, 6.45) is 5.88. The van der Waals surface area contributed by atoms with Crippen LogP contribution in [0.2, 0.25) is 0 Å². The standard InChI is InChI=1S/C15H18F2O2/c16-12-7-4-8-13(17)15(12)14(18)10-19-9-11-5-2-1-3-6-11/h4,7-8,11H,1-3,5-6,9-10H2. The van der Waals surface area contributed by atoms with Gasteiger partial charge in [-0.15, -0.1) is 0 Å². The van der Waals surface area contributed by atoms with Crippen molar-refractivity contribution in [1.82, 2.24) is 0 Å². The van der Waals surface area contributed by atoms with Crippen LogP contribution in [0.15, 0.2) is 18.2 Å². The fourth-order valence-electron chi connectivity index (χ4n) is 2.51. The summed E-state index contributed by atoms with van der Waals surface area (Å²) in [6.45, 7) is 0.246. The molecule has 1 aromatic rings. The third-order valence-corrected chi connectivity index (χ3v) is 3.55. The summed E-state index contributed by atoms with van der Waals surface area (Å²) in [6, 6.07) is 3.40. The lowest BCUT2D eigenvalue weighted by molar-refractivity contribution is 0.0621. The highest BCUT2D eigenvalue weighted by Crippen LogP contribution is 2.23. The van der Waals surface area contributed by atoms with Crippen LogP contribution in [0.5, 0.6) is 0 Å². The number of halogens is 2. The predicted octanol–water partition coefficient (Wildman–Crippen LogP) is 3.74. The molecule has 4 heteroatoms. The molecule has 0 heterocycles. The zero-order chi connectivity index (χ0) is 13.7. The number of Topliss-reactive ketones (excluding diaryl/α,β-unsaturated/α-hetero) is 1. The van der Waals surface area contributed by atoms with Crippen molar-refractivity contribution < 1.29 is 18.3 Å². The van der Waals surface area contributed by atoms with Crippen LogP contribution in [-0.4, -0.2) is 19.0 Å². The molecule has 19 heavy (non-hydrogen) atoms. The lowest BCUT2D eigenvalue weighted by atomic mass is 9.90. The molecule has 104 valence electrons. The molecule has 0 spiro atoms. The number of carbonyl (C=O) groups excluding carboxylic acids is 1. The van der Waals surface area contributed by atoms with E-state index in [9.17, 15) is 13.6 Å². The molecule has 0 N–H and O–H groups in total. The van der Waals surface area contributed by atoms with Crippen molar-refractivity contribution in [3.8, 4) is 0 Å². The molecular formula is C15H18F2O2. The van der Waals surface area contributed by atoms with E-state index in [1.807, 2.05) is 0 Å². The van der Waals surface area contributed by atoms with E-state index in [2.05, 4.69) is 0 Å². The van der Waals surface area contributed by atoms with Gasteiger partial charge in [-0.05, 0) is 30.9 Å². The maximum atomic E-state index is 13.4. The van der Waals surface area contributed by atoms with E-state index < -0.39 is 23.0 Å². The topological polar surface area (TPSA) is 26.3 Å². The van der Waals surface area contributed by atoms with Gasteiger partial charge in [-0.1, -0.05) is 25.3 Å². The molecule has 1 aliphatic carbocycles. The summed E-state index contributed by atoms with van der Waals surface area (Å²) < 4.78 is 32.0. The second kappa shape index (κ2) is 6.75. The van der Waals surface area contributed by atoms with Crippen molar-refractivity contribution in [1.29, 1.82) is 0 Å². The molecule has 0 saturated heterocycles. The Morgan fingerprint density at radius 3 is 2.42 bits per heavy atom. The summed E-state index contributed by atoms with van der Waals surface area (Å²) in [7, 11) is 0. The van der Waals surface area contributed by atoms with E-state index in [0.29, 0.717) is 12.5 Å². The maximum Gasteiger partial charge on any atom is 0.194 e. The molecule has 0 radical (unpaired) electrons. The molecule has 1 fully saturated rings. The third-order valence-electron chi connectivity index (χ3n) is 3.55. The van der Waals surface area contributed by atoms with Gasteiger partial charge in [-0.2, -0.15) is 0 Å². The monoisotopic (exact) mass is 268 g/mol. The quantitative estimate of drug-likeness (QED) is 0.760. The van der Waals surface area contributed by atoms with Crippen LogP contribution in [0.25, 0.3) is 0 Å². The minimum atomic E-state index is -0.828. The Morgan fingerprint density at radius 2 is 1.79 bits per heavy atom. The maximum absolute atomic E-state index is 13.4. The Kier molecular flexibility index (Phi) is 5.02. The zero-order valence-corrected chi connectivity index (χ0v) is 10.8. The molecule has 0 atom stereocenters. The number of hydrogen-bond acceptors (Lipinski definition) is 2. The minimum absolute atomic E-state index is 0.256. The van der Waals surface area contributed by atoms with Gasteiger partial charge >= 0.3 is 0 Å². The van der Waals surface area contributed by atoms with Crippen LogP contribution in [0.1, 0.15) is 42.5 Å². The van der Waals surface area contributed by atoms with Crippen LogP contribution >= 0.6 is 0 Å². The van der Waals surface area contributed by atoms with E-state index in [4.69, 9.17) is 4.74 Å². The van der Waals surface area contributed by atoms with Gasteiger partial charge in [-0.3, -0.25) is 4.79 Å². The van der Waals surface area contributed by atoms with E-state index >= 15 is 0 Å². The van der Waals surface area contributed by atoms with Gasteiger partial charge in [0.05, 0.1) is 12.2 Å². The number of hydrogen-bond donors (Lipinski definition) is 0. The minimum Gasteiger partial charge on any atom is -0.373 e. The van der Waals surface area contributed by atoms with E-state index in [1.54, 1.807) is 0 Å². The average Bonchev–Trinajstić information content (AvgIpc) is 2.40. The number of ether oxygens (including phenoxy) is 1. The molecule has 1 aliphatic rings. The van der Waals surface area contributed by atoms with Crippen molar-refractivity contribution in [2.45, 2.75) is 32.1 Å². The lowest BCUT2D eigenvalue weighted by Gasteiger charge is -2.21. The van der Waals surface area contributed by atoms with Crippen molar-refractivity contribution in [2.75, 3.05) is 13.2 Å². The van der Waals surface area contributed by atoms with Crippen molar-refractivity contribution in [3.05, 3.63) is 35.4 Å². The molecule has 2 rings (SSSR count). The van der Waals surface area contributed by atoms with Crippen molar-refractivity contribution in [3.63, 3.8) is 0 Å². The second-order valence-electron chi connectivity index (χ2n) is 5.04. The first kappa shape index (κ1) is 14.1. The number of benzene rings is 1. The normalized spacial score (nSPS) is 16.5. The fourth-order valence-corrected chi connectivity index (χ4v) is 2.51. The zero-order valence-electron chi connectivity index (χ0n) is 10.8. The summed E-state index contributed by atoms with van der Waals surface area (Å²) in [5.41, 5.74) is -0.494. The SMILES string of the molecule is O=C(COCC1CCCCC1)c1c(F)cccc1F. The molecule has 0 bridgehead atoms. The number of rotatable bonds is 5. The van der Waals surface area contributed by atoms with Crippen LogP contribution in [0.4, 0.5) is 8.78 Å². The summed E-state index contributed by atoms with van der Waals surface area (Å²) in [5, 5.41) is 0.